The number of ether oxygens (including phenoxy) is 1. The predicted octanol–water partition coefficient (Wildman–Crippen LogP) is 1.19. The van der Waals surface area contributed by atoms with Gasteiger partial charge in [0.25, 0.3) is 0 Å². The van der Waals surface area contributed by atoms with Crippen molar-refractivity contribution >= 4 is 11.8 Å². The summed E-state index contributed by atoms with van der Waals surface area (Å²) in [6.45, 7) is 5.49. The zero-order chi connectivity index (χ0) is 20.2. The molecule has 0 aliphatic carbocycles. The van der Waals surface area contributed by atoms with Crippen LogP contribution in [0.3, 0.4) is 0 Å². The molecular weight excluding hydrogens is 370 g/mol. The minimum absolute atomic E-state index is 0.0524. The van der Waals surface area contributed by atoms with Crippen molar-refractivity contribution in [3.8, 4) is 0 Å². The van der Waals surface area contributed by atoms with E-state index in [0.717, 1.165) is 38.2 Å². The molecule has 3 fully saturated rings. The second-order valence-corrected chi connectivity index (χ2v) is 8.48. The summed E-state index contributed by atoms with van der Waals surface area (Å²) < 4.78 is 7.98. The maximum absolute atomic E-state index is 13.2. The van der Waals surface area contributed by atoms with Crippen LogP contribution in [0.5, 0.6) is 0 Å². The Bertz CT molecular complexity index is 715. The van der Waals surface area contributed by atoms with Crippen LogP contribution in [0.4, 0.5) is 0 Å². The molecule has 3 aliphatic heterocycles. The maximum atomic E-state index is 13.2. The van der Waals surface area contributed by atoms with E-state index in [9.17, 15) is 9.59 Å². The number of amides is 2. The van der Waals surface area contributed by atoms with Gasteiger partial charge in [0.15, 0.2) is 0 Å². The predicted molar refractivity (Wildman–Crippen MR) is 108 cm³/mol. The van der Waals surface area contributed by atoms with Gasteiger partial charge in [-0.1, -0.05) is 6.42 Å². The van der Waals surface area contributed by atoms with E-state index in [4.69, 9.17) is 4.74 Å². The van der Waals surface area contributed by atoms with E-state index in [1.165, 1.54) is 19.3 Å². The molecule has 1 aromatic heterocycles. The lowest BCUT2D eigenvalue weighted by Gasteiger charge is -2.43. The highest BCUT2D eigenvalue weighted by Gasteiger charge is 2.38. The number of hydrogen-bond acceptors (Lipinski definition) is 5. The number of carbonyl (C=O) groups is 2. The minimum Gasteiger partial charge on any atom is -0.373 e. The summed E-state index contributed by atoms with van der Waals surface area (Å²) in [7, 11) is 1.90. The average Bonchev–Trinajstić information content (AvgIpc) is 3.34. The highest BCUT2D eigenvalue weighted by molar-refractivity contribution is 5.80. The third-order valence-corrected chi connectivity index (χ3v) is 6.39. The van der Waals surface area contributed by atoms with Crippen molar-refractivity contribution in [2.45, 2.75) is 50.7 Å². The molecule has 160 valence electrons. The fourth-order valence-corrected chi connectivity index (χ4v) is 4.86. The number of hydrogen-bond donors (Lipinski definition) is 0. The van der Waals surface area contributed by atoms with Gasteiger partial charge in [0.1, 0.15) is 0 Å². The largest absolute Gasteiger partial charge is 0.373 e. The zero-order valence-corrected chi connectivity index (χ0v) is 17.5. The van der Waals surface area contributed by atoms with Crippen LogP contribution in [0.2, 0.25) is 0 Å². The molecule has 0 bridgehead atoms. The van der Waals surface area contributed by atoms with Crippen LogP contribution in [-0.2, 0) is 21.4 Å². The number of morpholine rings is 1. The van der Waals surface area contributed by atoms with Gasteiger partial charge in [-0.15, -0.1) is 0 Å². The summed E-state index contributed by atoms with van der Waals surface area (Å²) in [4.78, 5) is 31.3. The average molecular weight is 404 g/mol. The third-order valence-electron chi connectivity index (χ3n) is 6.39. The maximum Gasteiger partial charge on any atom is 0.225 e. The number of piperidine rings is 1. The second-order valence-electron chi connectivity index (χ2n) is 8.48. The van der Waals surface area contributed by atoms with Crippen LogP contribution in [0.15, 0.2) is 12.4 Å². The summed E-state index contributed by atoms with van der Waals surface area (Å²) in [6.07, 6.45) is 9.45. The van der Waals surface area contributed by atoms with E-state index in [2.05, 4.69) is 10.00 Å². The molecule has 29 heavy (non-hydrogen) atoms. The summed E-state index contributed by atoms with van der Waals surface area (Å²) in [5, 5.41) is 4.34. The van der Waals surface area contributed by atoms with Crippen molar-refractivity contribution in [1.82, 2.24) is 24.5 Å². The minimum atomic E-state index is -0.124. The van der Waals surface area contributed by atoms with E-state index in [1.54, 1.807) is 4.68 Å². The van der Waals surface area contributed by atoms with Gasteiger partial charge in [-0.25, -0.2) is 0 Å². The van der Waals surface area contributed by atoms with Crippen molar-refractivity contribution in [2.24, 2.45) is 7.05 Å². The number of likely N-dealkylation sites (tertiary alicyclic amines) is 2. The molecule has 3 saturated heterocycles. The first-order chi connectivity index (χ1) is 14.1. The van der Waals surface area contributed by atoms with Crippen LogP contribution < -0.4 is 0 Å². The van der Waals surface area contributed by atoms with Crippen molar-refractivity contribution in [2.75, 3.05) is 45.9 Å². The molecule has 8 heteroatoms. The fourth-order valence-electron chi connectivity index (χ4n) is 4.86. The van der Waals surface area contributed by atoms with Gasteiger partial charge in [0.2, 0.25) is 11.8 Å². The number of nitrogens with zero attached hydrogens (tertiary/aromatic N) is 5. The van der Waals surface area contributed by atoms with Gasteiger partial charge in [-0.2, -0.15) is 5.10 Å². The van der Waals surface area contributed by atoms with Gasteiger partial charge in [-0.3, -0.25) is 14.3 Å². The Morgan fingerprint density at radius 2 is 2.00 bits per heavy atom. The van der Waals surface area contributed by atoms with E-state index in [1.807, 2.05) is 29.2 Å². The topological polar surface area (TPSA) is 70.9 Å². The SMILES string of the molecule is Cn1cc([C@H]2[C@H](CN3CCCCC3)OCCN2C(=O)CCN2CCCC2=O)cn1. The molecule has 0 aromatic carbocycles. The molecule has 2 atom stereocenters. The molecule has 0 spiro atoms. The van der Waals surface area contributed by atoms with Crippen molar-refractivity contribution < 1.29 is 14.3 Å². The smallest absolute Gasteiger partial charge is 0.225 e. The molecule has 0 unspecified atom stereocenters. The van der Waals surface area contributed by atoms with E-state index < -0.39 is 0 Å². The van der Waals surface area contributed by atoms with Gasteiger partial charge >= 0.3 is 0 Å². The molecule has 0 saturated carbocycles. The van der Waals surface area contributed by atoms with Gasteiger partial charge in [0, 0.05) is 57.8 Å². The number of aryl methyl sites for hydroxylation is 1. The molecule has 0 radical (unpaired) electrons. The summed E-state index contributed by atoms with van der Waals surface area (Å²) >= 11 is 0. The molecule has 2 amide bonds. The summed E-state index contributed by atoms with van der Waals surface area (Å²) in [6, 6.07) is -0.124. The number of aromatic nitrogens is 2. The van der Waals surface area contributed by atoms with E-state index in [-0.39, 0.29) is 24.0 Å². The molecule has 1 aromatic rings. The number of carbonyl (C=O) groups excluding carboxylic acids is 2. The van der Waals surface area contributed by atoms with Crippen LogP contribution >= 0.6 is 0 Å². The Morgan fingerprint density at radius 1 is 1.17 bits per heavy atom. The fraction of sp³-hybridized carbons (Fsp3) is 0.762. The molecule has 0 N–H and O–H groups in total. The normalized spacial score (nSPS) is 26.3. The Hall–Kier alpha value is -1.93. The first-order valence-electron chi connectivity index (χ1n) is 11.0. The second kappa shape index (κ2) is 9.26. The quantitative estimate of drug-likeness (QED) is 0.714. The van der Waals surface area contributed by atoms with Gasteiger partial charge < -0.3 is 19.4 Å². The monoisotopic (exact) mass is 403 g/mol. The highest BCUT2D eigenvalue weighted by atomic mass is 16.5. The highest BCUT2D eigenvalue weighted by Crippen LogP contribution is 2.31. The van der Waals surface area contributed by atoms with Crippen molar-refractivity contribution in [3.63, 3.8) is 0 Å². The third kappa shape index (κ3) is 4.80. The Balaban J connectivity index is 1.47. The lowest BCUT2D eigenvalue weighted by atomic mass is 9.99. The zero-order valence-electron chi connectivity index (χ0n) is 17.5. The molecular formula is C21H33N5O3. The Labute approximate surface area is 172 Å². The standard InChI is InChI=1S/C21H33N5O3/c1-23-15-17(14-22-23)21-18(16-24-8-3-2-4-9-24)29-13-12-26(21)20(28)7-11-25-10-5-6-19(25)27/h14-15,18,21H,2-13,16H2,1H3/t18-,21-/m0/s1. The van der Waals surface area contributed by atoms with Crippen molar-refractivity contribution in [1.29, 1.82) is 0 Å². The van der Waals surface area contributed by atoms with Crippen LogP contribution in [0.1, 0.15) is 50.1 Å². The molecule has 4 rings (SSSR count). The molecule has 3 aliphatic rings. The van der Waals surface area contributed by atoms with Crippen LogP contribution in [0, 0.1) is 0 Å². The lowest BCUT2D eigenvalue weighted by molar-refractivity contribution is -0.149. The van der Waals surface area contributed by atoms with Gasteiger partial charge in [-0.05, 0) is 32.4 Å². The van der Waals surface area contributed by atoms with Crippen molar-refractivity contribution in [3.05, 3.63) is 18.0 Å². The van der Waals surface area contributed by atoms with E-state index in [0.29, 0.717) is 32.5 Å². The summed E-state index contributed by atoms with van der Waals surface area (Å²) in [5.41, 5.74) is 1.03. The lowest BCUT2D eigenvalue weighted by Crippen LogP contribution is -2.52. The molecule has 4 heterocycles. The Morgan fingerprint density at radius 3 is 2.69 bits per heavy atom. The van der Waals surface area contributed by atoms with Crippen LogP contribution in [0.25, 0.3) is 0 Å². The first kappa shape index (κ1) is 20.3. The van der Waals surface area contributed by atoms with E-state index >= 15 is 0 Å². The molecule has 8 nitrogen and oxygen atoms in total. The first-order valence-corrected chi connectivity index (χ1v) is 11.0. The van der Waals surface area contributed by atoms with Crippen LogP contribution in [-0.4, -0.2) is 88.3 Å². The Kier molecular flexibility index (Phi) is 6.50. The summed E-state index contributed by atoms with van der Waals surface area (Å²) in [5.74, 6) is 0.275. The number of rotatable bonds is 6. The van der Waals surface area contributed by atoms with Gasteiger partial charge in [0.05, 0.1) is 24.9 Å².